The first kappa shape index (κ1) is 14.3. The normalized spacial score (nSPS) is 15.6. The highest BCUT2D eigenvalue weighted by Crippen LogP contribution is 2.35. The number of nitro groups is 1. The molecule has 0 aromatic heterocycles. The molecule has 1 N–H and O–H groups in total. The third kappa shape index (κ3) is 2.74. The van der Waals surface area contributed by atoms with Crippen LogP contribution in [0.15, 0.2) is 18.2 Å². The van der Waals surface area contributed by atoms with Crippen LogP contribution in [0.25, 0.3) is 0 Å². The molecule has 0 unspecified atom stereocenters. The molecule has 0 aliphatic heterocycles. The molecule has 1 amide bonds. The van der Waals surface area contributed by atoms with E-state index in [-0.39, 0.29) is 17.6 Å². The summed E-state index contributed by atoms with van der Waals surface area (Å²) in [4.78, 5) is 24.6. The summed E-state index contributed by atoms with van der Waals surface area (Å²) in [6.07, 6.45) is 2.30. The van der Waals surface area contributed by atoms with Crippen LogP contribution in [0.1, 0.15) is 30.1 Å². The van der Waals surface area contributed by atoms with Crippen LogP contribution in [0.4, 0.5) is 11.4 Å². The molecule has 6 nitrogen and oxygen atoms in total. The van der Waals surface area contributed by atoms with E-state index in [4.69, 9.17) is 0 Å². The van der Waals surface area contributed by atoms with Crippen molar-refractivity contribution in [1.29, 1.82) is 0 Å². The fourth-order valence-electron chi connectivity index (χ4n) is 2.31. The van der Waals surface area contributed by atoms with Crippen LogP contribution < -0.4 is 5.32 Å². The molecule has 0 bridgehead atoms. The standard InChI is InChI=1S/C14H19N3O3/c1-9(10-4-5-10)16(3)14(18)11-6-7-12(15-2)13(8-11)17(19)20/h6-10,15H,4-5H2,1-3H3/t9-/m1/s1. The Kier molecular flexibility index (Phi) is 3.92. The maximum atomic E-state index is 12.4. The van der Waals surface area contributed by atoms with Gasteiger partial charge in [-0.1, -0.05) is 0 Å². The lowest BCUT2D eigenvalue weighted by molar-refractivity contribution is -0.384. The summed E-state index contributed by atoms with van der Waals surface area (Å²) in [7, 11) is 3.37. The molecule has 1 saturated carbocycles. The van der Waals surface area contributed by atoms with Crippen molar-refractivity contribution in [2.45, 2.75) is 25.8 Å². The maximum Gasteiger partial charge on any atom is 0.293 e. The van der Waals surface area contributed by atoms with Crippen molar-refractivity contribution in [1.82, 2.24) is 4.90 Å². The van der Waals surface area contributed by atoms with E-state index in [1.54, 1.807) is 31.1 Å². The topological polar surface area (TPSA) is 75.5 Å². The lowest BCUT2D eigenvalue weighted by Crippen LogP contribution is -2.36. The predicted molar refractivity (Wildman–Crippen MR) is 76.9 cm³/mol. The molecule has 1 atom stereocenters. The SMILES string of the molecule is CNc1ccc(C(=O)N(C)[C@H](C)C2CC2)cc1[N+](=O)[O-]. The Morgan fingerprint density at radius 3 is 2.65 bits per heavy atom. The van der Waals surface area contributed by atoms with Crippen LogP contribution >= 0.6 is 0 Å². The second-order valence-electron chi connectivity index (χ2n) is 5.23. The first-order valence-corrected chi connectivity index (χ1v) is 6.69. The van der Waals surface area contributed by atoms with E-state index < -0.39 is 4.92 Å². The lowest BCUT2D eigenvalue weighted by atomic mass is 10.1. The summed E-state index contributed by atoms with van der Waals surface area (Å²) < 4.78 is 0. The molecule has 0 saturated heterocycles. The van der Waals surface area contributed by atoms with Crippen molar-refractivity contribution in [2.24, 2.45) is 5.92 Å². The van der Waals surface area contributed by atoms with Crippen molar-refractivity contribution in [3.63, 3.8) is 0 Å². The average Bonchev–Trinajstić information content (AvgIpc) is 3.28. The van der Waals surface area contributed by atoms with Crippen LogP contribution in [0.3, 0.4) is 0 Å². The maximum absolute atomic E-state index is 12.4. The molecular formula is C14H19N3O3. The smallest absolute Gasteiger partial charge is 0.293 e. The molecule has 1 aliphatic carbocycles. The Balaban J connectivity index is 2.25. The van der Waals surface area contributed by atoms with Crippen molar-refractivity contribution >= 4 is 17.3 Å². The Hall–Kier alpha value is -2.11. The van der Waals surface area contributed by atoms with Crippen LogP contribution in [0.5, 0.6) is 0 Å². The minimum Gasteiger partial charge on any atom is -0.383 e. The van der Waals surface area contributed by atoms with Gasteiger partial charge in [-0.25, -0.2) is 0 Å². The third-order valence-corrected chi connectivity index (χ3v) is 3.95. The Labute approximate surface area is 117 Å². The second kappa shape index (κ2) is 5.48. The minimum atomic E-state index is -0.479. The summed E-state index contributed by atoms with van der Waals surface area (Å²) in [6, 6.07) is 4.70. The number of nitro benzene ring substituents is 1. The average molecular weight is 277 g/mol. The van der Waals surface area contributed by atoms with Crippen molar-refractivity contribution in [3.05, 3.63) is 33.9 Å². The predicted octanol–water partition coefficient (Wildman–Crippen LogP) is 2.51. The van der Waals surface area contributed by atoms with Crippen LogP contribution in [-0.2, 0) is 0 Å². The van der Waals surface area contributed by atoms with E-state index in [0.717, 1.165) is 12.8 Å². The zero-order valence-electron chi connectivity index (χ0n) is 11.9. The van der Waals surface area contributed by atoms with Gasteiger partial charge in [-0.2, -0.15) is 0 Å². The number of carbonyl (C=O) groups excluding carboxylic acids is 1. The van der Waals surface area contributed by atoms with Gasteiger partial charge in [0.25, 0.3) is 11.6 Å². The highest BCUT2D eigenvalue weighted by atomic mass is 16.6. The number of benzene rings is 1. The van der Waals surface area contributed by atoms with Crippen molar-refractivity contribution in [2.75, 3.05) is 19.4 Å². The lowest BCUT2D eigenvalue weighted by Gasteiger charge is -2.25. The van der Waals surface area contributed by atoms with Gasteiger partial charge in [-0.3, -0.25) is 14.9 Å². The largest absolute Gasteiger partial charge is 0.383 e. The molecule has 0 spiro atoms. The van der Waals surface area contributed by atoms with Gasteiger partial charge >= 0.3 is 0 Å². The summed E-state index contributed by atoms with van der Waals surface area (Å²) in [5.74, 6) is 0.394. The van der Waals surface area contributed by atoms with E-state index in [2.05, 4.69) is 5.32 Å². The molecule has 108 valence electrons. The minimum absolute atomic E-state index is 0.0779. The molecule has 2 rings (SSSR count). The van der Waals surface area contributed by atoms with Gasteiger partial charge in [-0.15, -0.1) is 0 Å². The molecule has 1 aromatic carbocycles. The number of amides is 1. The van der Waals surface area contributed by atoms with Gasteiger partial charge < -0.3 is 10.2 Å². The first-order chi connectivity index (χ1) is 9.45. The molecule has 6 heteroatoms. The zero-order valence-corrected chi connectivity index (χ0v) is 11.9. The molecule has 20 heavy (non-hydrogen) atoms. The van der Waals surface area contributed by atoms with Crippen LogP contribution in [0.2, 0.25) is 0 Å². The van der Waals surface area contributed by atoms with E-state index in [1.165, 1.54) is 6.07 Å². The zero-order chi connectivity index (χ0) is 14.9. The highest BCUT2D eigenvalue weighted by molar-refractivity contribution is 5.95. The van der Waals surface area contributed by atoms with Crippen LogP contribution in [0, 0.1) is 16.0 Å². The van der Waals surface area contributed by atoms with E-state index in [9.17, 15) is 14.9 Å². The van der Waals surface area contributed by atoms with Gasteiger partial charge in [0.2, 0.25) is 0 Å². The summed E-state index contributed by atoms with van der Waals surface area (Å²) in [6.45, 7) is 2.02. The number of carbonyl (C=O) groups is 1. The molecule has 1 aliphatic rings. The number of nitrogens with one attached hydrogen (secondary N) is 1. The highest BCUT2D eigenvalue weighted by Gasteiger charge is 2.33. The van der Waals surface area contributed by atoms with Gasteiger partial charge in [0, 0.05) is 31.8 Å². The third-order valence-electron chi connectivity index (χ3n) is 3.95. The van der Waals surface area contributed by atoms with Crippen LogP contribution in [-0.4, -0.2) is 35.9 Å². The van der Waals surface area contributed by atoms with Gasteiger partial charge in [-0.05, 0) is 37.8 Å². The van der Waals surface area contributed by atoms with Crippen molar-refractivity contribution < 1.29 is 9.72 Å². The Bertz CT molecular complexity index is 540. The molecule has 1 aromatic rings. The monoisotopic (exact) mass is 277 g/mol. The quantitative estimate of drug-likeness (QED) is 0.662. The summed E-state index contributed by atoms with van der Waals surface area (Å²) in [5, 5.41) is 13.8. The van der Waals surface area contributed by atoms with Gasteiger partial charge in [0.05, 0.1) is 4.92 Å². The number of hydrogen-bond donors (Lipinski definition) is 1. The summed E-state index contributed by atoms with van der Waals surface area (Å²) >= 11 is 0. The fraction of sp³-hybridized carbons (Fsp3) is 0.500. The number of hydrogen-bond acceptors (Lipinski definition) is 4. The van der Waals surface area contributed by atoms with Crippen molar-refractivity contribution in [3.8, 4) is 0 Å². The second-order valence-corrected chi connectivity index (χ2v) is 5.23. The fourth-order valence-corrected chi connectivity index (χ4v) is 2.31. The van der Waals surface area contributed by atoms with Gasteiger partial charge in [0.15, 0.2) is 0 Å². The molecular weight excluding hydrogens is 258 g/mol. The molecule has 0 radical (unpaired) electrons. The Morgan fingerprint density at radius 1 is 1.50 bits per heavy atom. The van der Waals surface area contributed by atoms with E-state index in [1.807, 2.05) is 6.92 Å². The first-order valence-electron chi connectivity index (χ1n) is 6.69. The van der Waals surface area contributed by atoms with Gasteiger partial charge in [0.1, 0.15) is 5.69 Å². The number of nitrogens with zero attached hydrogens (tertiary/aromatic N) is 2. The number of anilines is 1. The molecule has 1 fully saturated rings. The molecule has 0 heterocycles. The van der Waals surface area contributed by atoms with E-state index >= 15 is 0 Å². The number of rotatable bonds is 5. The summed E-state index contributed by atoms with van der Waals surface area (Å²) in [5.41, 5.74) is 0.681. The van der Waals surface area contributed by atoms with E-state index in [0.29, 0.717) is 17.2 Å². The Morgan fingerprint density at radius 2 is 2.15 bits per heavy atom.